The first kappa shape index (κ1) is 15.2. The monoisotopic (exact) mass is 328 g/mol. The second kappa shape index (κ2) is 5.66. The maximum Gasteiger partial charge on any atom is 0.271 e. The predicted octanol–water partition coefficient (Wildman–Crippen LogP) is 2.20. The van der Waals surface area contributed by atoms with Gasteiger partial charge in [-0.25, -0.2) is 13.4 Å². The topological polar surface area (TPSA) is 114 Å². The number of rotatable bonds is 5. The van der Waals surface area contributed by atoms with Gasteiger partial charge in [0.05, 0.1) is 16.3 Å². The quantitative estimate of drug-likeness (QED) is 0.642. The largest absolute Gasteiger partial charge is 0.387 e. The fraction of sp³-hybridized carbons (Fsp3) is 0.182. The Morgan fingerprint density at radius 2 is 2.10 bits per heavy atom. The number of sulfonamides is 1. The molecule has 1 aromatic heterocycles. The Bertz CT molecular complexity index is 785. The van der Waals surface area contributed by atoms with E-state index in [1.165, 1.54) is 19.2 Å². The summed E-state index contributed by atoms with van der Waals surface area (Å²) in [4.78, 5) is 14.1. The molecule has 0 fully saturated rings. The molecular weight excluding hydrogens is 316 g/mol. The standard InChI is InChI=1S/C11H12N4O4S2/c1-7-6-20-11(13-7)14-21(18,19)10-4-3-8(15(16)17)5-9(10)12-2/h3-6,12H,1-2H3,(H,13,14). The van der Waals surface area contributed by atoms with Crippen LogP contribution in [0.1, 0.15) is 5.69 Å². The van der Waals surface area contributed by atoms with E-state index in [1.807, 2.05) is 0 Å². The third-order valence-corrected chi connectivity index (χ3v) is 4.98. The summed E-state index contributed by atoms with van der Waals surface area (Å²) in [5.74, 6) is 0. The molecule has 112 valence electrons. The number of thiazole rings is 1. The van der Waals surface area contributed by atoms with E-state index in [0.29, 0.717) is 5.69 Å². The number of hydrogen-bond acceptors (Lipinski definition) is 7. The van der Waals surface area contributed by atoms with Gasteiger partial charge < -0.3 is 5.32 Å². The van der Waals surface area contributed by atoms with Crippen molar-refractivity contribution < 1.29 is 13.3 Å². The highest BCUT2D eigenvalue weighted by Crippen LogP contribution is 2.28. The third kappa shape index (κ3) is 3.28. The molecule has 2 N–H and O–H groups in total. The number of nitro groups is 1. The summed E-state index contributed by atoms with van der Waals surface area (Å²) in [7, 11) is -2.38. The van der Waals surface area contributed by atoms with Crippen molar-refractivity contribution in [2.24, 2.45) is 0 Å². The number of hydrogen-bond donors (Lipinski definition) is 2. The van der Waals surface area contributed by atoms with Crippen LogP contribution < -0.4 is 10.0 Å². The number of benzene rings is 1. The first-order valence-corrected chi connectivity index (χ1v) is 8.11. The molecule has 1 heterocycles. The molecule has 10 heteroatoms. The van der Waals surface area contributed by atoms with Crippen LogP contribution in [0.15, 0.2) is 28.5 Å². The van der Waals surface area contributed by atoms with Crippen LogP contribution in [0.2, 0.25) is 0 Å². The molecule has 0 spiro atoms. The van der Waals surface area contributed by atoms with E-state index < -0.39 is 14.9 Å². The lowest BCUT2D eigenvalue weighted by Crippen LogP contribution is -2.14. The lowest BCUT2D eigenvalue weighted by atomic mass is 10.3. The number of anilines is 2. The number of nitrogens with one attached hydrogen (secondary N) is 2. The summed E-state index contributed by atoms with van der Waals surface area (Å²) < 4.78 is 27.0. The second-order valence-corrected chi connectivity index (χ2v) is 6.60. The minimum Gasteiger partial charge on any atom is -0.387 e. The molecular formula is C11H12N4O4S2. The van der Waals surface area contributed by atoms with E-state index in [-0.39, 0.29) is 21.4 Å². The van der Waals surface area contributed by atoms with Gasteiger partial charge in [-0.15, -0.1) is 11.3 Å². The van der Waals surface area contributed by atoms with Crippen LogP contribution in [0.5, 0.6) is 0 Å². The first-order valence-electron chi connectivity index (χ1n) is 5.74. The Balaban J connectivity index is 2.42. The van der Waals surface area contributed by atoms with E-state index in [1.54, 1.807) is 12.3 Å². The highest BCUT2D eigenvalue weighted by molar-refractivity contribution is 7.93. The van der Waals surface area contributed by atoms with Crippen LogP contribution in [0, 0.1) is 17.0 Å². The average molecular weight is 328 g/mol. The number of nitro benzene ring substituents is 1. The number of aryl methyl sites for hydroxylation is 1. The lowest BCUT2D eigenvalue weighted by Gasteiger charge is -2.10. The van der Waals surface area contributed by atoms with Crippen LogP contribution in [-0.4, -0.2) is 25.4 Å². The van der Waals surface area contributed by atoms with Crippen molar-refractivity contribution in [3.63, 3.8) is 0 Å². The van der Waals surface area contributed by atoms with Crippen LogP contribution in [0.25, 0.3) is 0 Å². The van der Waals surface area contributed by atoms with Gasteiger partial charge in [-0.3, -0.25) is 14.8 Å². The average Bonchev–Trinajstić information content (AvgIpc) is 2.82. The van der Waals surface area contributed by atoms with Gasteiger partial charge in [-0.1, -0.05) is 0 Å². The number of aromatic nitrogens is 1. The van der Waals surface area contributed by atoms with Gasteiger partial charge in [0.1, 0.15) is 4.90 Å². The molecule has 0 saturated heterocycles. The van der Waals surface area contributed by atoms with Crippen molar-refractivity contribution in [1.82, 2.24) is 4.98 Å². The SMILES string of the molecule is CNc1cc([N+](=O)[O-])ccc1S(=O)(=O)Nc1nc(C)cs1. The number of non-ortho nitro benzene ring substituents is 1. The van der Waals surface area contributed by atoms with E-state index >= 15 is 0 Å². The molecule has 0 aliphatic heterocycles. The van der Waals surface area contributed by atoms with Crippen LogP contribution in [0.3, 0.4) is 0 Å². The van der Waals surface area contributed by atoms with Gasteiger partial charge in [0.2, 0.25) is 0 Å². The minimum atomic E-state index is -3.87. The molecule has 1 aromatic carbocycles. The maximum atomic E-state index is 12.3. The molecule has 0 amide bonds. The molecule has 0 unspecified atom stereocenters. The maximum absolute atomic E-state index is 12.3. The summed E-state index contributed by atoms with van der Waals surface area (Å²) in [5, 5.41) is 15.3. The van der Waals surface area contributed by atoms with Crippen molar-refractivity contribution in [2.75, 3.05) is 17.1 Å². The molecule has 0 aliphatic carbocycles. The zero-order valence-corrected chi connectivity index (χ0v) is 12.8. The van der Waals surface area contributed by atoms with E-state index in [0.717, 1.165) is 17.4 Å². The fourth-order valence-corrected chi connectivity index (χ4v) is 3.77. The molecule has 0 atom stereocenters. The Morgan fingerprint density at radius 3 is 2.62 bits per heavy atom. The normalized spacial score (nSPS) is 11.1. The van der Waals surface area contributed by atoms with Gasteiger partial charge >= 0.3 is 0 Å². The lowest BCUT2D eigenvalue weighted by molar-refractivity contribution is -0.384. The first-order chi connectivity index (χ1) is 9.83. The van der Waals surface area contributed by atoms with Gasteiger partial charge in [0.25, 0.3) is 15.7 Å². The molecule has 21 heavy (non-hydrogen) atoms. The Labute approximate surface area is 125 Å². The summed E-state index contributed by atoms with van der Waals surface area (Å²) in [6.45, 7) is 1.75. The zero-order chi connectivity index (χ0) is 15.6. The molecule has 0 radical (unpaired) electrons. The van der Waals surface area contributed by atoms with Gasteiger partial charge in [0.15, 0.2) is 5.13 Å². The van der Waals surface area contributed by atoms with Crippen molar-refractivity contribution in [3.05, 3.63) is 39.4 Å². The van der Waals surface area contributed by atoms with E-state index in [9.17, 15) is 18.5 Å². The van der Waals surface area contributed by atoms with E-state index in [4.69, 9.17) is 0 Å². The van der Waals surface area contributed by atoms with Gasteiger partial charge in [0, 0.05) is 24.6 Å². The van der Waals surface area contributed by atoms with Crippen LogP contribution in [0.4, 0.5) is 16.5 Å². The highest BCUT2D eigenvalue weighted by Gasteiger charge is 2.22. The van der Waals surface area contributed by atoms with Crippen LogP contribution in [-0.2, 0) is 10.0 Å². The third-order valence-electron chi connectivity index (χ3n) is 2.57. The number of nitrogens with zero attached hydrogens (tertiary/aromatic N) is 2. The molecule has 0 saturated carbocycles. The zero-order valence-electron chi connectivity index (χ0n) is 11.2. The molecule has 8 nitrogen and oxygen atoms in total. The van der Waals surface area contributed by atoms with Gasteiger partial charge in [-0.05, 0) is 13.0 Å². The molecule has 2 aromatic rings. The van der Waals surface area contributed by atoms with Gasteiger partial charge in [-0.2, -0.15) is 0 Å². The minimum absolute atomic E-state index is 0.0801. The second-order valence-electron chi connectivity index (χ2n) is 4.09. The van der Waals surface area contributed by atoms with Crippen LogP contribution >= 0.6 is 11.3 Å². The fourth-order valence-electron chi connectivity index (χ4n) is 1.63. The van der Waals surface area contributed by atoms with Crippen molar-refractivity contribution in [3.8, 4) is 0 Å². The van der Waals surface area contributed by atoms with E-state index in [2.05, 4.69) is 15.0 Å². The molecule has 0 aliphatic rings. The Morgan fingerprint density at radius 1 is 1.38 bits per heavy atom. The highest BCUT2D eigenvalue weighted by atomic mass is 32.2. The Hall–Kier alpha value is -2.20. The smallest absolute Gasteiger partial charge is 0.271 e. The molecule has 2 rings (SSSR count). The predicted molar refractivity (Wildman–Crippen MR) is 80.3 cm³/mol. The summed E-state index contributed by atoms with van der Waals surface area (Å²) in [6, 6.07) is 3.50. The summed E-state index contributed by atoms with van der Waals surface area (Å²) in [5.41, 5.74) is 0.656. The van der Waals surface area contributed by atoms with Crippen molar-refractivity contribution in [2.45, 2.75) is 11.8 Å². The Kier molecular flexibility index (Phi) is 4.09. The molecule has 0 bridgehead atoms. The van der Waals surface area contributed by atoms with Crippen molar-refractivity contribution in [1.29, 1.82) is 0 Å². The summed E-state index contributed by atoms with van der Waals surface area (Å²) in [6.07, 6.45) is 0. The summed E-state index contributed by atoms with van der Waals surface area (Å²) >= 11 is 1.16. The van der Waals surface area contributed by atoms with Crippen molar-refractivity contribution >= 4 is 37.9 Å².